The second kappa shape index (κ2) is 4.21. The van der Waals surface area contributed by atoms with Crippen LogP contribution in [0.1, 0.15) is 5.76 Å². The smallest absolute Gasteiger partial charge is 0.134 e. The van der Waals surface area contributed by atoms with Crippen molar-refractivity contribution in [1.29, 1.82) is 0 Å². The van der Waals surface area contributed by atoms with Gasteiger partial charge in [0.25, 0.3) is 0 Å². The van der Waals surface area contributed by atoms with E-state index in [4.69, 9.17) is 4.42 Å². The lowest BCUT2D eigenvalue weighted by atomic mass is 10.2. The van der Waals surface area contributed by atoms with Gasteiger partial charge in [0, 0.05) is 15.9 Å². The van der Waals surface area contributed by atoms with E-state index < -0.39 is 0 Å². The average molecular weight is 381 g/mol. The van der Waals surface area contributed by atoms with Crippen molar-refractivity contribution < 1.29 is 4.42 Å². The molecule has 0 atom stereocenters. The molecule has 0 saturated carbocycles. The van der Waals surface area contributed by atoms with Gasteiger partial charge in [-0.2, -0.15) is 0 Å². The van der Waals surface area contributed by atoms with Gasteiger partial charge in [0.15, 0.2) is 0 Å². The Labute approximate surface area is 107 Å². The lowest BCUT2D eigenvalue weighted by Gasteiger charge is -1.87. The second-order valence-corrected chi connectivity index (χ2v) is 6.45. The van der Waals surface area contributed by atoms with Crippen molar-refractivity contribution in [1.82, 2.24) is 0 Å². The van der Waals surface area contributed by atoms with E-state index in [1.807, 2.05) is 30.3 Å². The quantitative estimate of drug-likeness (QED) is 0.655. The Balaban J connectivity index is 2.57. The van der Waals surface area contributed by atoms with Crippen molar-refractivity contribution in [2.75, 3.05) is 0 Å². The molecule has 0 fully saturated rings. The van der Waals surface area contributed by atoms with Gasteiger partial charge >= 0.3 is 0 Å². The van der Waals surface area contributed by atoms with Gasteiger partial charge in [0.1, 0.15) is 11.3 Å². The molecular formula is C10H5Br3O. The highest BCUT2D eigenvalue weighted by Crippen LogP contribution is 2.26. The van der Waals surface area contributed by atoms with Gasteiger partial charge in [-0.3, -0.25) is 0 Å². The van der Waals surface area contributed by atoms with Crippen LogP contribution in [-0.2, 0) is 0 Å². The van der Waals surface area contributed by atoms with E-state index in [0.29, 0.717) is 0 Å². The predicted octanol–water partition coefficient (Wildman–Crippen LogP) is 5.28. The van der Waals surface area contributed by atoms with E-state index in [1.54, 1.807) is 0 Å². The van der Waals surface area contributed by atoms with E-state index in [-0.39, 0.29) is 0 Å². The van der Waals surface area contributed by atoms with Crippen molar-refractivity contribution in [3.63, 3.8) is 0 Å². The van der Waals surface area contributed by atoms with Crippen molar-refractivity contribution in [3.05, 3.63) is 37.9 Å². The van der Waals surface area contributed by atoms with Crippen LogP contribution in [0, 0.1) is 0 Å². The SMILES string of the molecule is BrC(Br)=Cc1cc2cc(Br)ccc2o1. The largest absolute Gasteiger partial charge is 0.457 e. The van der Waals surface area contributed by atoms with Crippen LogP contribution in [0.4, 0.5) is 0 Å². The van der Waals surface area contributed by atoms with Gasteiger partial charge in [0.05, 0.1) is 3.39 Å². The first-order valence-corrected chi connectivity index (χ1v) is 6.25. The summed E-state index contributed by atoms with van der Waals surface area (Å²) in [6, 6.07) is 7.92. The van der Waals surface area contributed by atoms with Gasteiger partial charge in [-0.1, -0.05) is 15.9 Å². The normalized spacial score (nSPS) is 10.5. The average Bonchev–Trinajstić information content (AvgIpc) is 2.44. The molecule has 2 rings (SSSR count). The zero-order valence-corrected chi connectivity index (χ0v) is 11.7. The Hall–Kier alpha value is -0.0600. The Kier molecular flexibility index (Phi) is 3.14. The molecule has 0 radical (unpaired) electrons. The summed E-state index contributed by atoms with van der Waals surface area (Å²) < 4.78 is 7.50. The van der Waals surface area contributed by atoms with Crippen molar-refractivity contribution >= 4 is 64.8 Å². The first-order chi connectivity index (χ1) is 6.65. The van der Waals surface area contributed by atoms with E-state index in [0.717, 1.165) is 24.6 Å². The summed E-state index contributed by atoms with van der Waals surface area (Å²) in [5.41, 5.74) is 0.890. The number of hydrogen-bond acceptors (Lipinski definition) is 1. The van der Waals surface area contributed by atoms with Crippen LogP contribution in [-0.4, -0.2) is 0 Å². The molecule has 0 spiro atoms. The standard InChI is InChI=1S/C10H5Br3O/c11-7-1-2-9-6(3-7)4-8(14-9)5-10(12)13/h1-5H. The Morgan fingerprint density at radius 1 is 1.21 bits per heavy atom. The maximum absolute atomic E-state index is 5.58. The van der Waals surface area contributed by atoms with Crippen molar-refractivity contribution in [3.8, 4) is 0 Å². The summed E-state index contributed by atoms with van der Waals surface area (Å²) in [6.45, 7) is 0. The molecule has 1 heterocycles. The van der Waals surface area contributed by atoms with Crippen LogP contribution < -0.4 is 0 Å². The predicted molar refractivity (Wildman–Crippen MR) is 69.7 cm³/mol. The van der Waals surface area contributed by atoms with Crippen LogP contribution in [0.5, 0.6) is 0 Å². The third-order valence-electron chi connectivity index (χ3n) is 1.75. The summed E-state index contributed by atoms with van der Waals surface area (Å²) in [6.07, 6.45) is 1.87. The van der Waals surface area contributed by atoms with Gasteiger partial charge in [-0.05, 0) is 56.1 Å². The van der Waals surface area contributed by atoms with Gasteiger partial charge in [0.2, 0.25) is 0 Å². The minimum absolute atomic E-state index is 0.821. The van der Waals surface area contributed by atoms with Gasteiger partial charge in [-0.25, -0.2) is 0 Å². The van der Waals surface area contributed by atoms with E-state index in [2.05, 4.69) is 47.8 Å². The van der Waals surface area contributed by atoms with E-state index in [9.17, 15) is 0 Å². The van der Waals surface area contributed by atoms with E-state index >= 15 is 0 Å². The number of furan rings is 1. The number of rotatable bonds is 1. The van der Waals surface area contributed by atoms with Crippen molar-refractivity contribution in [2.45, 2.75) is 0 Å². The summed E-state index contributed by atoms with van der Waals surface area (Å²) in [5.74, 6) is 0.821. The number of halogens is 3. The number of hydrogen-bond donors (Lipinski definition) is 0. The minimum atomic E-state index is 0.821. The fourth-order valence-electron chi connectivity index (χ4n) is 1.21. The molecule has 1 aromatic heterocycles. The topological polar surface area (TPSA) is 13.1 Å². The molecule has 0 aliphatic carbocycles. The Bertz CT molecular complexity index is 495. The minimum Gasteiger partial charge on any atom is -0.457 e. The maximum atomic E-state index is 5.58. The van der Waals surface area contributed by atoms with Gasteiger partial charge in [-0.15, -0.1) is 0 Å². The van der Waals surface area contributed by atoms with Gasteiger partial charge < -0.3 is 4.42 Å². The lowest BCUT2D eigenvalue weighted by molar-refractivity contribution is 0.604. The Morgan fingerprint density at radius 2 is 2.00 bits per heavy atom. The summed E-state index contributed by atoms with van der Waals surface area (Å²) >= 11 is 10.00. The van der Waals surface area contributed by atoms with E-state index in [1.165, 1.54) is 0 Å². The molecule has 72 valence electrons. The monoisotopic (exact) mass is 378 g/mol. The molecular weight excluding hydrogens is 376 g/mol. The molecule has 0 aliphatic rings. The third kappa shape index (κ3) is 2.30. The first kappa shape index (κ1) is 10.5. The number of fused-ring (bicyclic) bond motifs is 1. The third-order valence-corrected chi connectivity index (χ3v) is 2.70. The lowest BCUT2D eigenvalue weighted by Crippen LogP contribution is -1.62. The van der Waals surface area contributed by atoms with Crippen LogP contribution in [0.3, 0.4) is 0 Å². The summed E-state index contributed by atoms with van der Waals surface area (Å²) in [4.78, 5) is 0. The Morgan fingerprint density at radius 3 is 2.71 bits per heavy atom. The molecule has 0 aliphatic heterocycles. The molecule has 2 aromatic rings. The molecule has 1 nitrogen and oxygen atoms in total. The number of benzene rings is 1. The zero-order chi connectivity index (χ0) is 10.1. The molecule has 0 saturated heterocycles. The van der Waals surface area contributed by atoms with Crippen LogP contribution >= 0.6 is 47.8 Å². The highest BCUT2D eigenvalue weighted by Gasteiger charge is 2.01. The van der Waals surface area contributed by atoms with Crippen LogP contribution in [0.25, 0.3) is 17.0 Å². The molecule has 0 N–H and O–H groups in total. The maximum Gasteiger partial charge on any atom is 0.134 e. The fourth-order valence-corrected chi connectivity index (χ4v) is 2.04. The molecule has 0 bridgehead atoms. The van der Waals surface area contributed by atoms with Crippen molar-refractivity contribution in [2.24, 2.45) is 0 Å². The molecule has 0 amide bonds. The van der Waals surface area contributed by atoms with Crippen LogP contribution in [0.2, 0.25) is 0 Å². The molecule has 0 unspecified atom stereocenters. The second-order valence-electron chi connectivity index (χ2n) is 2.76. The molecule has 4 heteroatoms. The highest BCUT2D eigenvalue weighted by molar-refractivity contribution is 9.28. The highest BCUT2D eigenvalue weighted by atomic mass is 79.9. The summed E-state index contributed by atoms with van der Waals surface area (Å²) in [5, 5.41) is 1.09. The molecule has 14 heavy (non-hydrogen) atoms. The summed E-state index contributed by atoms with van der Waals surface area (Å²) in [7, 11) is 0. The fraction of sp³-hybridized carbons (Fsp3) is 0. The molecule has 1 aromatic carbocycles. The first-order valence-electron chi connectivity index (χ1n) is 3.87. The zero-order valence-electron chi connectivity index (χ0n) is 6.93. The van der Waals surface area contributed by atoms with Crippen LogP contribution in [0.15, 0.2) is 36.5 Å².